The summed E-state index contributed by atoms with van der Waals surface area (Å²) in [7, 11) is 0. The third-order valence-electron chi connectivity index (χ3n) is 2.87. The summed E-state index contributed by atoms with van der Waals surface area (Å²) in [4.78, 5) is 0. The number of nitrogens with zero attached hydrogens (tertiary/aromatic N) is 1. The first-order valence-corrected chi connectivity index (χ1v) is 7.11. The lowest BCUT2D eigenvalue weighted by atomic mass is 10.1. The maximum atomic E-state index is 8.89. The van der Waals surface area contributed by atoms with Crippen LogP contribution in [0.25, 0.3) is 0 Å². The van der Waals surface area contributed by atoms with Crippen LogP contribution in [0, 0.1) is 18.3 Å². The number of hydrogen-bond donors (Lipinski definition) is 1. The monoisotopic (exact) mass is 330 g/mol. The molecular formula is C16H15BrN2O. The second kappa shape index (κ2) is 6.97. The van der Waals surface area contributed by atoms with Crippen molar-refractivity contribution in [2.75, 3.05) is 18.5 Å². The van der Waals surface area contributed by atoms with Crippen molar-refractivity contribution in [2.24, 2.45) is 0 Å². The number of ether oxygens (including phenoxy) is 1. The average molecular weight is 331 g/mol. The zero-order valence-corrected chi connectivity index (χ0v) is 12.8. The van der Waals surface area contributed by atoms with Gasteiger partial charge in [-0.2, -0.15) is 5.26 Å². The van der Waals surface area contributed by atoms with Crippen LogP contribution in [0.4, 0.5) is 5.69 Å². The van der Waals surface area contributed by atoms with Gasteiger partial charge in [0.15, 0.2) is 0 Å². The number of benzene rings is 2. The van der Waals surface area contributed by atoms with Gasteiger partial charge in [0.05, 0.1) is 11.6 Å². The summed E-state index contributed by atoms with van der Waals surface area (Å²) in [5, 5.41) is 12.2. The molecule has 0 aliphatic heterocycles. The number of nitriles is 1. The van der Waals surface area contributed by atoms with E-state index in [1.165, 1.54) is 0 Å². The van der Waals surface area contributed by atoms with E-state index in [-0.39, 0.29) is 0 Å². The van der Waals surface area contributed by atoms with Crippen LogP contribution in [-0.2, 0) is 0 Å². The SMILES string of the molecule is Cc1ccc(C#N)cc1NCCOc1ccc(Br)cc1. The molecule has 0 amide bonds. The zero-order chi connectivity index (χ0) is 14.4. The topological polar surface area (TPSA) is 45.0 Å². The first-order chi connectivity index (χ1) is 9.69. The Bertz CT molecular complexity index is 617. The van der Waals surface area contributed by atoms with Crippen LogP contribution in [0.5, 0.6) is 5.75 Å². The molecule has 0 spiro atoms. The number of hydrogen-bond acceptors (Lipinski definition) is 3. The van der Waals surface area contributed by atoms with E-state index in [2.05, 4.69) is 27.3 Å². The highest BCUT2D eigenvalue weighted by molar-refractivity contribution is 9.10. The van der Waals surface area contributed by atoms with Crippen molar-refractivity contribution in [2.45, 2.75) is 6.92 Å². The van der Waals surface area contributed by atoms with Crippen LogP contribution in [0.3, 0.4) is 0 Å². The van der Waals surface area contributed by atoms with E-state index in [0.29, 0.717) is 18.7 Å². The molecule has 0 heterocycles. The molecule has 0 saturated heterocycles. The van der Waals surface area contributed by atoms with Crippen molar-refractivity contribution in [3.8, 4) is 11.8 Å². The number of aryl methyl sites for hydroxylation is 1. The van der Waals surface area contributed by atoms with E-state index < -0.39 is 0 Å². The maximum absolute atomic E-state index is 8.89. The Hall–Kier alpha value is -1.99. The van der Waals surface area contributed by atoms with Crippen molar-refractivity contribution in [1.82, 2.24) is 0 Å². The van der Waals surface area contributed by atoms with Crippen molar-refractivity contribution in [3.63, 3.8) is 0 Å². The molecule has 0 bridgehead atoms. The molecular weight excluding hydrogens is 316 g/mol. The number of halogens is 1. The van der Waals surface area contributed by atoms with E-state index in [1.54, 1.807) is 0 Å². The van der Waals surface area contributed by atoms with Crippen LogP contribution in [0.2, 0.25) is 0 Å². The third-order valence-corrected chi connectivity index (χ3v) is 3.40. The Kier molecular flexibility index (Phi) is 5.03. The van der Waals surface area contributed by atoms with Crippen molar-refractivity contribution in [3.05, 3.63) is 58.1 Å². The van der Waals surface area contributed by atoms with E-state index in [9.17, 15) is 0 Å². The summed E-state index contributed by atoms with van der Waals surface area (Å²) >= 11 is 3.39. The van der Waals surface area contributed by atoms with Crippen LogP contribution >= 0.6 is 15.9 Å². The van der Waals surface area contributed by atoms with Gasteiger partial charge in [0.2, 0.25) is 0 Å². The second-order valence-corrected chi connectivity index (χ2v) is 5.29. The summed E-state index contributed by atoms with van der Waals surface area (Å²) < 4.78 is 6.67. The van der Waals surface area contributed by atoms with Crippen LogP contribution in [0.1, 0.15) is 11.1 Å². The normalized spacial score (nSPS) is 9.85. The molecule has 0 saturated carbocycles. The fraction of sp³-hybridized carbons (Fsp3) is 0.188. The van der Waals surface area contributed by atoms with Gasteiger partial charge in [-0.1, -0.05) is 22.0 Å². The van der Waals surface area contributed by atoms with E-state index >= 15 is 0 Å². The largest absolute Gasteiger partial charge is 0.492 e. The Labute approximate surface area is 127 Å². The molecule has 102 valence electrons. The Morgan fingerprint density at radius 2 is 1.95 bits per heavy atom. The minimum absolute atomic E-state index is 0.567. The first-order valence-electron chi connectivity index (χ1n) is 6.32. The highest BCUT2D eigenvalue weighted by Crippen LogP contribution is 2.17. The summed E-state index contributed by atoms with van der Waals surface area (Å²) in [5.41, 5.74) is 2.75. The average Bonchev–Trinajstić information content (AvgIpc) is 2.47. The number of nitrogens with one attached hydrogen (secondary N) is 1. The molecule has 3 nitrogen and oxygen atoms in total. The Morgan fingerprint density at radius 1 is 1.20 bits per heavy atom. The highest BCUT2D eigenvalue weighted by Gasteiger charge is 2.00. The molecule has 1 N–H and O–H groups in total. The van der Waals surface area contributed by atoms with Crippen LogP contribution in [-0.4, -0.2) is 13.2 Å². The smallest absolute Gasteiger partial charge is 0.119 e. The molecule has 0 atom stereocenters. The standard InChI is InChI=1S/C16H15BrN2O/c1-12-2-3-13(11-18)10-16(12)19-8-9-20-15-6-4-14(17)5-7-15/h2-7,10,19H,8-9H2,1H3. The highest BCUT2D eigenvalue weighted by atomic mass is 79.9. The molecule has 0 aromatic heterocycles. The molecule has 4 heteroatoms. The van der Waals surface area contributed by atoms with Gasteiger partial charge in [-0.05, 0) is 48.9 Å². The van der Waals surface area contributed by atoms with Gasteiger partial charge in [-0.25, -0.2) is 0 Å². The fourth-order valence-corrected chi connectivity index (χ4v) is 2.03. The fourth-order valence-electron chi connectivity index (χ4n) is 1.77. The molecule has 0 aliphatic rings. The van der Waals surface area contributed by atoms with Gasteiger partial charge in [0.25, 0.3) is 0 Å². The predicted octanol–water partition coefficient (Wildman–Crippen LogP) is 4.12. The minimum Gasteiger partial charge on any atom is -0.492 e. The summed E-state index contributed by atoms with van der Waals surface area (Å²) in [6.45, 7) is 3.27. The molecule has 0 fully saturated rings. The van der Waals surface area contributed by atoms with Crippen molar-refractivity contribution < 1.29 is 4.74 Å². The predicted molar refractivity (Wildman–Crippen MR) is 84.0 cm³/mol. The van der Waals surface area contributed by atoms with Gasteiger partial charge in [-0.3, -0.25) is 0 Å². The second-order valence-electron chi connectivity index (χ2n) is 4.37. The van der Waals surface area contributed by atoms with E-state index in [0.717, 1.165) is 21.5 Å². The van der Waals surface area contributed by atoms with Crippen LogP contribution < -0.4 is 10.1 Å². The van der Waals surface area contributed by atoms with Gasteiger partial charge >= 0.3 is 0 Å². The van der Waals surface area contributed by atoms with Gasteiger partial charge in [-0.15, -0.1) is 0 Å². The minimum atomic E-state index is 0.567. The van der Waals surface area contributed by atoms with Gasteiger partial charge in [0, 0.05) is 16.7 Å². The van der Waals surface area contributed by atoms with Crippen molar-refractivity contribution >= 4 is 21.6 Å². The molecule has 0 unspecified atom stereocenters. The lowest BCUT2D eigenvalue weighted by Gasteiger charge is -2.11. The Morgan fingerprint density at radius 3 is 2.65 bits per heavy atom. The van der Waals surface area contributed by atoms with Gasteiger partial charge < -0.3 is 10.1 Å². The molecule has 0 aliphatic carbocycles. The Balaban J connectivity index is 1.84. The molecule has 2 aromatic rings. The summed E-state index contributed by atoms with van der Waals surface area (Å²) in [6.07, 6.45) is 0. The third kappa shape index (κ3) is 4.01. The number of rotatable bonds is 5. The quantitative estimate of drug-likeness (QED) is 0.838. The molecule has 2 rings (SSSR count). The molecule has 2 aromatic carbocycles. The lowest BCUT2D eigenvalue weighted by molar-refractivity contribution is 0.333. The summed E-state index contributed by atoms with van der Waals surface area (Å²) in [6, 6.07) is 15.5. The zero-order valence-electron chi connectivity index (χ0n) is 11.2. The first kappa shape index (κ1) is 14.4. The maximum Gasteiger partial charge on any atom is 0.119 e. The van der Waals surface area contributed by atoms with Crippen molar-refractivity contribution in [1.29, 1.82) is 5.26 Å². The lowest BCUT2D eigenvalue weighted by Crippen LogP contribution is -2.12. The van der Waals surface area contributed by atoms with Crippen LogP contribution in [0.15, 0.2) is 46.9 Å². The van der Waals surface area contributed by atoms with E-state index in [1.807, 2.05) is 49.4 Å². The molecule has 20 heavy (non-hydrogen) atoms. The summed E-state index contributed by atoms with van der Waals surface area (Å²) in [5.74, 6) is 0.845. The molecule has 0 radical (unpaired) electrons. The number of anilines is 1. The van der Waals surface area contributed by atoms with E-state index in [4.69, 9.17) is 10.00 Å². The van der Waals surface area contributed by atoms with Gasteiger partial charge in [0.1, 0.15) is 12.4 Å².